The minimum absolute atomic E-state index is 0.219. The van der Waals surface area contributed by atoms with Crippen molar-refractivity contribution in [1.82, 2.24) is 9.97 Å². The standard InChI is InChI=1S/C18H11ClN2O3S/c19-15-6-5-14(25-15)17-13(9-16(22)23)21-18(24-17)11-3-4-12-10(8-11)2-1-7-20-12/h1-8H,9H2,(H,22,23). The molecule has 0 saturated carbocycles. The molecule has 4 aromatic rings. The second-order valence-corrected chi connectivity index (χ2v) is 7.10. The molecule has 3 aromatic heterocycles. The quantitative estimate of drug-likeness (QED) is 0.553. The largest absolute Gasteiger partial charge is 0.481 e. The topological polar surface area (TPSA) is 76.2 Å². The van der Waals surface area contributed by atoms with E-state index in [9.17, 15) is 4.79 Å². The Hall–Kier alpha value is -2.70. The minimum atomic E-state index is -0.966. The van der Waals surface area contributed by atoms with Crippen molar-refractivity contribution in [3.05, 3.63) is 58.7 Å². The number of fused-ring (bicyclic) bond motifs is 1. The maximum absolute atomic E-state index is 11.2. The first-order chi connectivity index (χ1) is 12.1. The molecule has 0 bridgehead atoms. The Kier molecular flexibility index (Phi) is 3.99. The Balaban J connectivity index is 1.83. The fourth-order valence-electron chi connectivity index (χ4n) is 2.58. The molecule has 0 radical (unpaired) electrons. The number of carbonyl (C=O) groups is 1. The third kappa shape index (κ3) is 3.14. The molecule has 124 valence electrons. The average Bonchev–Trinajstić information content (AvgIpc) is 3.20. The molecule has 1 N–H and O–H groups in total. The number of aliphatic carboxylic acids is 1. The maximum atomic E-state index is 11.2. The Morgan fingerprint density at radius 2 is 2.12 bits per heavy atom. The van der Waals surface area contributed by atoms with Gasteiger partial charge < -0.3 is 9.52 Å². The molecular formula is C18H11ClN2O3S. The third-order valence-electron chi connectivity index (χ3n) is 3.66. The summed E-state index contributed by atoms with van der Waals surface area (Å²) in [5.74, 6) is -0.145. The Morgan fingerprint density at radius 1 is 1.24 bits per heavy atom. The lowest BCUT2D eigenvalue weighted by molar-refractivity contribution is -0.136. The van der Waals surface area contributed by atoms with Crippen LogP contribution in [-0.2, 0) is 11.2 Å². The predicted octanol–water partition coefficient (Wildman–Crippen LogP) is 4.90. The summed E-state index contributed by atoms with van der Waals surface area (Å²) < 4.78 is 6.51. The monoisotopic (exact) mass is 370 g/mol. The van der Waals surface area contributed by atoms with Gasteiger partial charge in [-0.05, 0) is 36.4 Å². The van der Waals surface area contributed by atoms with E-state index in [0.717, 1.165) is 21.3 Å². The van der Waals surface area contributed by atoms with Crippen LogP contribution in [0.15, 0.2) is 53.1 Å². The molecular weight excluding hydrogens is 360 g/mol. The van der Waals surface area contributed by atoms with Crippen LogP contribution < -0.4 is 0 Å². The number of hydrogen-bond donors (Lipinski definition) is 1. The molecule has 1 aromatic carbocycles. The Labute approximate surface area is 151 Å². The lowest BCUT2D eigenvalue weighted by Gasteiger charge is -1.99. The van der Waals surface area contributed by atoms with Crippen molar-refractivity contribution in [3.63, 3.8) is 0 Å². The van der Waals surface area contributed by atoms with E-state index in [4.69, 9.17) is 21.1 Å². The summed E-state index contributed by atoms with van der Waals surface area (Å²) in [6.45, 7) is 0. The summed E-state index contributed by atoms with van der Waals surface area (Å²) in [4.78, 5) is 20.6. The van der Waals surface area contributed by atoms with Crippen molar-refractivity contribution in [2.24, 2.45) is 0 Å². The van der Waals surface area contributed by atoms with Gasteiger partial charge in [-0.15, -0.1) is 11.3 Å². The van der Waals surface area contributed by atoms with Crippen LogP contribution in [0.4, 0.5) is 0 Å². The van der Waals surface area contributed by atoms with Gasteiger partial charge in [0.05, 0.1) is 26.8 Å². The van der Waals surface area contributed by atoms with Gasteiger partial charge in [0, 0.05) is 17.1 Å². The average molecular weight is 371 g/mol. The number of aromatic nitrogens is 2. The van der Waals surface area contributed by atoms with E-state index in [2.05, 4.69) is 9.97 Å². The van der Waals surface area contributed by atoms with E-state index in [1.54, 1.807) is 18.3 Å². The number of carboxylic acid groups (broad SMARTS) is 1. The maximum Gasteiger partial charge on any atom is 0.309 e. The number of oxazole rings is 1. The number of carboxylic acids is 1. The molecule has 25 heavy (non-hydrogen) atoms. The van der Waals surface area contributed by atoms with Gasteiger partial charge in [-0.3, -0.25) is 9.78 Å². The van der Waals surface area contributed by atoms with Crippen LogP contribution in [-0.4, -0.2) is 21.0 Å². The summed E-state index contributed by atoms with van der Waals surface area (Å²) in [7, 11) is 0. The highest BCUT2D eigenvalue weighted by Crippen LogP contribution is 2.36. The van der Waals surface area contributed by atoms with Gasteiger partial charge in [-0.25, -0.2) is 4.98 Å². The molecule has 0 aliphatic carbocycles. The summed E-state index contributed by atoms with van der Waals surface area (Å²) in [6, 6.07) is 13.0. The number of rotatable bonds is 4. The van der Waals surface area contributed by atoms with Gasteiger partial charge in [0.1, 0.15) is 0 Å². The first-order valence-electron chi connectivity index (χ1n) is 7.42. The lowest BCUT2D eigenvalue weighted by Crippen LogP contribution is -2.01. The highest BCUT2D eigenvalue weighted by atomic mass is 35.5. The normalized spacial score (nSPS) is 11.1. The molecule has 3 heterocycles. The zero-order chi connectivity index (χ0) is 17.4. The zero-order valence-corrected chi connectivity index (χ0v) is 14.3. The van der Waals surface area contributed by atoms with Crippen LogP contribution >= 0.6 is 22.9 Å². The summed E-state index contributed by atoms with van der Waals surface area (Å²) in [5, 5.41) is 10.1. The molecule has 0 unspecified atom stereocenters. The van der Waals surface area contributed by atoms with E-state index >= 15 is 0 Å². The van der Waals surface area contributed by atoms with Crippen LogP contribution in [0, 0.1) is 0 Å². The van der Waals surface area contributed by atoms with Crippen molar-refractivity contribution >= 4 is 39.8 Å². The molecule has 0 atom stereocenters. The Bertz CT molecular complexity index is 1090. The summed E-state index contributed by atoms with van der Waals surface area (Å²) >= 11 is 7.31. The summed E-state index contributed by atoms with van der Waals surface area (Å²) in [6.07, 6.45) is 1.51. The lowest BCUT2D eigenvalue weighted by atomic mass is 10.1. The fraction of sp³-hybridized carbons (Fsp3) is 0.0556. The van der Waals surface area contributed by atoms with Crippen LogP contribution in [0.3, 0.4) is 0 Å². The van der Waals surface area contributed by atoms with Gasteiger partial charge in [0.15, 0.2) is 5.76 Å². The van der Waals surface area contributed by atoms with Gasteiger partial charge >= 0.3 is 5.97 Å². The second kappa shape index (κ2) is 6.31. The Morgan fingerprint density at radius 3 is 2.88 bits per heavy atom. The molecule has 7 heteroatoms. The molecule has 0 aliphatic rings. The van der Waals surface area contributed by atoms with Gasteiger partial charge in [0.25, 0.3) is 0 Å². The number of hydrogen-bond acceptors (Lipinski definition) is 5. The van der Waals surface area contributed by atoms with E-state index in [1.807, 2.05) is 30.3 Å². The number of thiophene rings is 1. The van der Waals surface area contributed by atoms with Crippen molar-refractivity contribution in [1.29, 1.82) is 0 Å². The highest BCUT2D eigenvalue weighted by Gasteiger charge is 2.20. The highest BCUT2D eigenvalue weighted by molar-refractivity contribution is 7.19. The molecule has 0 saturated heterocycles. The molecule has 0 amide bonds. The van der Waals surface area contributed by atoms with Crippen molar-refractivity contribution < 1.29 is 14.3 Å². The molecule has 0 spiro atoms. The summed E-state index contributed by atoms with van der Waals surface area (Å²) in [5.41, 5.74) is 2.02. The second-order valence-electron chi connectivity index (χ2n) is 5.38. The van der Waals surface area contributed by atoms with E-state index in [1.165, 1.54) is 11.3 Å². The van der Waals surface area contributed by atoms with Gasteiger partial charge in [0.2, 0.25) is 5.89 Å². The van der Waals surface area contributed by atoms with Crippen molar-refractivity contribution in [3.8, 4) is 22.1 Å². The van der Waals surface area contributed by atoms with Crippen LogP contribution in [0.1, 0.15) is 5.69 Å². The van der Waals surface area contributed by atoms with Crippen LogP contribution in [0.5, 0.6) is 0 Å². The zero-order valence-electron chi connectivity index (χ0n) is 12.8. The SMILES string of the molecule is O=C(O)Cc1nc(-c2ccc3ncccc3c2)oc1-c1ccc(Cl)s1. The van der Waals surface area contributed by atoms with Crippen LogP contribution in [0.25, 0.3) is 33.0 Å². The molecule has 4 rings (SSSR count). The third-order valence-corrected chi connectivity index (χ3v) is 4.89. The van der Waals surface area contributed by atoms with Gasteiger partial charge in [-0.2, -0.15) is 0 Å². The minimum Gasteiger partial charge on any atom is -0.481 e. The number of pyridine rings is 1. The number of benzene rings is 1. The van der Waals surface area contributed by atoms with Gasteiger partial charge in [-0.1, -0.05) is 17.7 Å². The van der Waals surface area contributed by atoms with Crippen molar-refractivity contribution in [2.75, 3.05) is 0 Å². The molecule has 5 nitrogen and oxygen atoms in total. The van der Waals surface area contributed by atoms with Crippen molar-refractivity contribution in [2.45, 2.75) is 6.42 Å². The smallest absolute Gasteiger partial charge is 0.309 e. The number of halogens is 1. The van der Waals surface area contributed by atoms with Crippen LogP contribution in [0.2, 0.25) is 4.34 Å². The molecule has 0 aliphatic heterocycles. The predicted molar refractivity (Wildman–Crippen MR) is 96.9 cm³/mol. The van der Waals surface area contributed by atoms with E-state index in [-0.39, 0.29) is 6.42 Å². The first kappa shape index (κ1) is 15.8. The number of nitrogens with zero attached hydrogens (tertiary/aromatic N) is 2. The fourth-order valence-corrected chi connectivity index (χ4v) is 3.62. The van der Waals surface area contributed by atoms with E-state index in [0.29, 0.717) is 21.7 Å². The van der Waals surface area contributed by atoms with E-state index < -0.39 is 5.97 Å². The molecule has 0 fully saturated rings. The first-order valence-corrected chi connectivity index (χ1v) is 8.62.